The molecule has 0 aliphatic carbocycles. The second kappa shape index (κ2) is 8.56. The molecule has 0 unspecified atom stereocenters. The number of carboxylic acids is 2. The molecule has 1 aromatic carbocycles. The Labute approximate surface area is 179 Å². The number of anilines is 1. The van der Waals surface area contributed by atoms with Gasteiger partial charge in [-0.25, -0.2) is 0 Å². The highest BCUT2D eigenvalue weighted by Crippen LogP contribution is 2.45. The summed E-state index contributed by atoms with van der Waals surface area (Å²) in [7, 11) is 0. The van der Waals surface area contributed by atoms with Crippen LogP contribution in [-0.2, 0) is 19.2 Å². The maximum Gasteiger partial charge on any atom is 0.267 e. The lowest BCUT2D eigenvalue weighted by Crippen LogP contribution is -2.50. The van der Waals surface area contributed by atoms with Gasteiger partial charge in [-0.2, -0.15) is 11.8 Å². The zero-order valence-electron chi connectivity index (χ0n) is 15.1. The standard InChI is InChI=1S/C18H16N2O6S3/c1-28-7-6-11(17(25)26)20-16(24)14(29-18(20)27)13-9-4-2-3-5-10(9)19(15(13)23)8-12(21)22/h2-5,11H,6-8H2,1H3,(H,21,22)(H,25,26)/p-2/b14-13-/t11-/m1/s1. The van der Waals surface area contributed by atoms with Crippen LogP contribution in [0.2, 0.25) is 0 Å². The molecule has 2 heterocycles. The summed E-state index contributed by atoms with van der Waals surface area (Å²) in [6.45, 7) is -0.672. The number of fused-ring (bicyclic) bond motifs is 1. The van der Waals surface area contributed by atoms with Crippen LogP contribution in [-0.4, -0.2) is 57.6 Å². The molecule has 1 atom stereocenters. The van der Waals surface area contributed by atoms with E-state index in [0.29, 0.717) is 17.0 Å². The van der Waals surface area contributed by atoms with E-state index in [1.54, 1.807) is 30.5 Å². The van der Waals surface area contributed by atoms with Gasteiger partial charge in [0.2, 0.25) is 0 Å². The Morgan fingerprint density at radius 2 is 1.90 bits per heavy atom. The highest BCUT2D eigenvalue weighted by atomic mass is 32.2. The van der Waals surface area contributed by atoms with Gasteiger partial charge >= 0.3 is 0 Å². The minimum atomic E-state index is -1.45. The first-order chi connectivity index (χ1) is 13.8. The lowest BCUT2D eigenvalue weighted by atomic mass is 10.1. The molecule has 1 aromatic rings. The lowest BCUT2D eigenvalue weighted by Gasteiger charge is -2.27. The molecule has 2 aliphatic rings. The van der Waals surface area contributed by atoms with Gasteiger partial charge in [0.05, 0.1) is 40.7 Å². The Bertz CT molecular complexity index is 961. The number of thiocarbonyl (C=S) groups is 1. The first kappa shape index (κ1) is 21.3. The van der Waals surface area contributed by atoms with Gasteiger partial charge in [0.15, 0.2) is 0 Å². The van der Waals surface area contributed by atoms with E-state index < -0.39 is 36.3 Å². The fourth-order valence-electron chi connectivity index (χ4n) is 3.17. The number of hydrogen-bond donors (Lipinski definition) is 0. The van der Waals surface area contributed by atoms with Crippen LogP contribution in [0.3, 0.4) is 0 Å². The second-order valence-electron chi connectivity index (χ2n) is 6.14. The number of nitrogens with zero attached hydrogens (tertiary/aromatic N) is 2. The monoisotopic (exact) mass is 450 g/mol. The minimum Gasteiger partial charge on any atom is -0.548 e. The molecule has 1 saturated heterocycles. The second-order valence-corrected chi connectivity index (χ2v) is 8.77. The molecule has 3 rings (SSSR count). The molecule has 0 saturated carbocycles. The van der Waals surface area contributed by atoms with Crippen molar-refractivity contribution >= 4 is 75.1 Å². The molecule has 11 heteroatoms. The summed E-state index contributed by atoms with van der Waals surface area (Å²) in [6, 6.07) is 5.19. The molecule has 0 radical (unpaired) electrons. The van der Waals surface area contributed by atoms with Crippen LogP contribution < -0.4 is 15.1 Å². The number of benzene rings is 1. The number of carbonyl (C=O) groups excluding carboxylic acids is 4. The zero-order valence-corrected chi connectivity index (χ0v) is 17.5. The number of para-hydroxylation sites is 1. The molecule has 152 valence electrons. The molecule has 2 amide bonds. The molecule has 8 nitrogen and oxygen atoms in total. The number of amides is 2. The van der Waals surface area contributed by atoms with Gasteiger partial charge in [-0.15, -0.1) is 0 Å². The highest BCUT2D eigenvalue weighted by Gasteiger charge is 2.44. The van der Waals surface area contributed by atoms with E-state index in [1.807, 2.05) is 0 Å². The number of rotatable bonds is 7. The summed E-state index contributed by atoms with van der Waals surface area (Å²) >= 11 is 7.46. The van der Waals surface area contributed by atoms with Gasteiger partial charge in [0, 0.05) is 5.56 Å². The van der Waals surface area contributed by atoms with Gasteiger partial charge in [-0.1, -0.05) is 42.2 Å². The molecule has 2 aliphatic heterocycles. The summed E-state index contributed by atoms with van der Waals surface area (Å²) in [6.07, 6.45) is 1.94. The topological polar surface area (TPSA) is 121 Å². The fraction of sp³-hybridized carbons (Fsp3) is 0.278. The minimum absolute atomic E-state index is 0.00339. The van der Waals surface area contributed by atoms with Gasteiger partial charge in [0.1, 0.15) is 4.32 Å². The molecule has 0 bridgehead atoms. The van der Waals surface area contributed by atoms with E-state index in [0.717, 1.165) is 21.6 Å². The average molecular weight is 451 g/mol. The molecular formula is C18H14N2O6S3-2. The van der Waals surface area contributed by atoms with E-state index >= 15 is 0 Å². The van der Waals surface area contributed by atoms with Crippen LogP contribution >= 0.6 is 35.7 Å². The summed E-state index contributed by atoms with van der Waals surface area (Å²) < 4.78 is 0.0106. The van der Waals surface area contributed by atoms with E-state index in [-0.39, 0.29) is 21.2 Å². The molecule has 0 N–H and O–H groups in total. The molecule has 0 spiro atoms. The average Bonchev–Trinajstić information content (AvgIpc) is 3.09. The first-order valence-corrected chi connectivity index (χ1v) is 11.0. The number of carboxylic acid groups (broad SMARTS) is 2. The van der Waals surface area contributed by atoms with Crippen LogP contribution in [0.15, 0.2) is 29.2 Å². The Morgan fingerprint density at radius 1 is 1.21 bits per heavy atom. The fourth-order valence-corrected chi connectivity index (χ4v) is 5.05. The van der Waals surface area contributed by atoms with Crippen molar-refractivity contribution in [1.82, 2.24) is 4.90 Å². The van der Waals surface area contributed by atoms with Crippen molar-refractivity contribution in [2.24, 2.45) is 0 Å². The summed E-state index contributed by atoms with van der Waals surface area (Å²) in [5.74, 6) is -3.79. The maximum absolute atomic E-state index is 13.1. The van der Waals surface area contributed by atoms with Gasteiger partial charge in [-0.3, -0.25) is 14.5 Å². The zero-order chi connectivity index (χ0) is 21.3. The predicted molar refractivity (Wildman–Crippen MR) is 110 cm³/mol. The number of aliphatic carboxylic acids is 2. The molecule has 0 aromatic heterocycles. The van der Waals surface area contributed by atoms with Crippen molar-refractivity contribution < 1.29 is 29.4 Å². The largest absolute Gasteiger partial charge is 0.548 e. The van der Waals surface area contributed by atoms with Gasteiger partial charge in [0.25, 0.3) is 11.8 Å². The van der Waals surface area contributed by atoms with Crippen molar-refractivity contribution in [1.29, 1.82) is 0 Å². The SMILES string of the molecule is CSCC[C@H](C(=O)[O-])N1C(=O)/C(=C2/C(=O)N(CC(=O)[O-])c3ccccc32)SC1=S. The number of hydrogen-bond acceptors (Lipinski definition) is 9. The van der Waals surface area contributed by atoms with Gasteiger partial charge < -0.3 is 24.7 Å². The van der Waals surface area contributed by atoms with Crippen LogP contribution in [0.4, 0.5) is 5.69 Å². The maximum atomic E-state index is 13.1. The third-order valence-electron chi connectivity index (χ3n) is 4.42. The van der Waals surface area contributed by atoms with Crippen LogP contribution in [0.5, 0.6) is 0 Å². The summed E-state index contributed by atoms with van der Waals surface area (Å²) in [5, 5.41) is 22.7. The van der Waals surface area contributed by atoms with Crippen molar-refractivity contribution in [2.45, 2.75) is 12.5 Å². The smallest absolute Gasteiger partial charge is 0.267 e. The molecule has 29 heavy (non-hydrogen) atoms. The quantitative estimate of drug-likeness (QED) is 0.389. The third kappa shape index (κ3) is 3.89. The molecule has 1 fully saturated rings. The van der Waals surface area contributed by atoms with E-state index in [4.69, 9.17) is 12.2 Å². The summed E-state index contributed by atoms with van der Waals surface area (Å²) in [5.41, 5.74) is 0.720. The molecular weight excluding hydrogens is 436 g/mol. The summed E-state index contributed by atoms with van der Waals surface area (Å²) in [4.78, 5) is 50.6. The third-order valence-corrected chi connectivity index (χ3v) is 6.46. The van der Waals surface area contributed by atoms with Crippen molar-refractivity contribution in [3.8, 4) is 0 Å². The lowest BCUT2D eigenvalue weighted by molar-refractivity contribution is -0.310. The van der Waals surface area contributed by atoms with E-state index in [9.17, 15) is 29.4 Å². The van der Waals surface area contributed by atoms with Crippen molar-refractivity contribution in [2.75, 3.05) is 23.5 Å². The Morgan fingerprint density at radius 3 is 2.52 bits per heavy atom. The Kier molecular flexibility index (Phi) is 6.30. The van der Waals surface area contributed by atoms with Crippen LogP contribution in [0.25, 0.3) is 5.57 Å². The number of carbonyl (C=O) groups is 4. The predicted octanol–water partition coefficient (Wildman–Crippen LogP) is -0.774. The Hall–Kier alpha value is -2.37. The van der Waals surface area contributed by atoms with E-state index in [1.165, 1.54) is 11.8 Å². The first-order valence-electron chi connectivity index (χ1n) is 8.38. The Balaban J connectivity index is 2.06. The normalized spacial score (nSPS) is 19.7. The highest BCUT2D eigenvalue weighted by molar-refractivity contribution is 8.26. The van der Waals surface area contributed by atoms with Crippen molar-refractivity contribution in [3.05, 3.63) is 34.7 Å². The van der Waals surface area contributed by atoms with Crippen molar-refractivity contribution in [3.63, 3.8) is 0 Å². The number of thioether (sulfide) groups is 2. The van der Waals surface area contributed by atoms with E-state index in [2.05, 4.69) is 0 Å². The van der Waals surface area contributed by atoms with Gasteiger partial charge in [-0.05, 0) is 24.5 Å². The van der Waals surface area contributed by atoms with Crippen LogP contribution in [0.1, 0.15) is 12.0 Å². The van der Waals surface area contributed by atoms with Crippen LogP contribution in [0, 0.1) is 0 Å².